The Morgan fingerprint density at radius 3 is 2.64 bits per heavy atom. The van der Waals surface area contributed by atoms with Gasteiger partial charge in [0.1, 0.15) is 0 Å². The maximum absolute atomic E-state index is 12.4. The number of halogens is 4. The Kier molecular flexibility index (Phi) is 3.88. The van der Waals surface area contributed by atoms with Crippen LogP contribution in [0.2, 0.25) is 0 Å². The molecule has 0 aliphatic heterocycles. The summed E-state index contributed by atoms with van der Waals surface area (Å²) < 4.78 is 48.1. The highest BCUT2D eigenvalue weighted by Crippen LogP contribution is 2.21. The van der Waals surface area contributed by atoms with Gasteiger partial charge in [0.15, 0.2) is 0 Å². The first-order chi connectivity index (χ1) is 6.52. The molecule has 0 amide bonds. The summed E-state index contributed by atoms with van der Waals surface area (Å²) in [6.07, 6.45) is -3.61. The van der Waals surface area contributed by atoms with Crippen molar-refractivity contribution in [2.75, 3.05) is 6.54 Å². The van der Waals surface area contributed by atoms with Crippen LogP contribution in [0.15, 0.2) is 17.5 Å². The molecule has 0 aliphatic rings. The molecule has 1 N–H and O–H groups in total. The zero-order valence-electron chi connectivity index (χ0n) is 7.14. The lowest BCUT2D eigenvalue weighted by Gasteiger charge is -2.15. The number of alkyl halides is 4. The van der Waals surface area contributed by atoms with Gasteiger partial charge < -0.3 is 5.32 Å². The van der Waals surface area contributed by atoms with Gasteiger partial charge in [-0.3, -0.25) is 0 Å². The summed E-state index contributed by atoms with van der Waals surface area (Å²) >= 11 is 1.39. The minimum atomic E-state index is -3.95. The van der Waals surface area contributed by atoms with E-state index in [1.807, 2.05) is 0 Å². The number of hydrogen-bond acceptors (Lipinski definition) is 2. The monoisotopic (exact) mass is 227 g/mol. The second-order valence-corrected chi connectivity index (χ2v) is 3.78. The minimum absolute atomic E-state index is 0.194. The predicted octanol–water partition coefficient (Wildman–Crippen LogP) is 2.74. The van der Waals surface area contributed by atoms with Gasteiger partial charge in [0.25, 0.3) is 0 Å². The van der Waals surface area contributed by atoms with Gasteiger partial charge in [-0.1, -0.05) is 6.07 Å². The number of rotatable bonds is 5. The molecule has 1 aromatic heterocycles. The van der Waals surface area contributed by atoms with Gasteiger partial charge >= 0.3 is 12.3 Å². The highest BCUT2D eigenvalue weighted by molar-refractivity contribution is 7.09. The molecule has 14 heavy (non-hydrogen) atoms. The third-order valence-electron chi connectivity index (χ3n) is 1.56. The van der Waals surface area contributed by atoms with E-state index in [1.54, 1.807) is 17.5 Å². The Labute approximate surface area is 82.7 Å². The van der Waals surface area contributed by atoms with Crippen LogP contribution in [0.3, 0.4) is 0 Å². The van der Waals surface area contributed by atoms with Crippen LogP contribution >= 0.6 is 11.3 Å². The fraction of sp³-hybridized carbons (Fsp3) is 0.500. The van der Waals surface area contributed by atoms with Crippen LogP contribution in [-0.2, 0) is 6.54 Å². The molecule has 1 aromatic rings. The Balaban J connectivity index is 2.28. The first kappa shape index (κ1) is 11.5. The number of thiophene rings is 1. The van der Waals surface area contributed by atoms with Crippen molar-refractivity contribution in [1.29, 1.82) is 0 Å². The minimum Gasteiger partial charge on any atom is -0.306 e. The van der Waals surface area contributed by atoms with Gasteiger partial charge in [0.05, 0.1) is 6.54 Å². The van der Waals surface area contributed by atoms with E-state index in [0.717, 1.165) is 4.88 Å². The van der Waals surface area contributed by atoms with Gasteiger partial charge in [0, 0.05) is 11.4 Å². The standard InChI is InChI=1S/C8H9F4NS/c9-7(10)8(11,12)5-13-4-6-2-1-3-14-6/h1-3,7,13H,4-5H2. The van der Waals surface area contributed by atoms with E-state index in [2.05, 4.69) is 5.32 Å². The van der Waals surface area contributed by atoms with E-state index >= 15 is 0 Å². The van der Waals surface area contributed by atoms with E-state index in [-0.39, 0.29) is 6.54 Å². The quantitative estimate of drug-likeness (QED) is 0.763. The molecule has 0 unspecified atom stereocenters. The summed E-state index contributed by atoms with van der Waals surface area (Å²) in [6, 6.07) is 3.52. The first-order valence-electron chi connectivity index (χ1n) is 3.91. The molecule has 0 bridgehead atoms. The normalized spacial score (nSPS) is 12.4. The average Bonchev–Trinajstić information content (AvgIpc) is 2.56. The summed E-state index contributed by atoms with van der Waals surface area (Å²) in [5.41, 5.74) is 0. The van der Waals surface area contributed by atoms with Crippen molar-refractivity contribution in [2.24, 2.45) is 0 Å². The van der Waals surface area contributed by atoms with Gasteiger partial charge in [-0.2, -0.15) is 8.78 Å². The molecule has 1 nitrogen and oxygen atoms in total. The zero-order valence-corrected chi connectivity index (χ0v) is 7.96. The van der Waals surface area contributed by atoms with Crippen molar-refractivity contribution in [3.8, 4) is 0 Å². The van der Waals surface area contributed by atoms with E-state index in [9.17, 15) is 17.6 Å². The Morgan fingerprint density at radius 2 is 2.14 bits per heavy atom. The average molecular weight is 227 g/mol. The van der Waals surface area contributed by atoms with Crippen molar-refractivity contribution < 1.29 is 17.6 Å². The van der Waals surface area contributed by atoms with Crippen LogP contribution < -0.4 is 5.32 Å². The Bertz CT molecular complexity index is 260. The molecule has 0 aromatic carbocycles. The maximum atomic E-state index is 12.4. The molecule has 0 saturated carbocycles. The molecule has 80 valence electrons. The lowest BCUT2D eigenvalue weighted by atomic mass is 10.3. The van der Waals surface area contributed by atoms with Gasteiger partial charge in [-0.15, -0.1) is 11.3 Å². The van der Waals surface area contributed by atoms with Crippen LogP contribution in [-0.4, -0.2) is 18.9 Å². The maximum Gasteiger partial charge on any atom is 0.319 e. The topological polar surface area (TPSA) is 12.0 Å². The predicted molar refractivity (Wildman–Crippen MR) is 47.0 cm³/mol. The van der Waals surface area contributed by atoms with Crippen molar-refractivity contribution in [3.63, 3.8) is 0 Å². The fourth-order valence-electron chi connectivity index (χ4n) is 0.843. The molecule has 6 heteroatoms. The molecule has 0 radical (unpaired) electrons. The van der Waals surface area contributed by atoms with Gasteiger partial charge in [-0.25, -0.2) is 8.78 Å². The highest BCUT2D eigenvalue weighted by Gasteiger charge is 2.39. The smallest absolute Gasteiger partial charge is 0.306 e. The van der Waals surface area contributed by atoms with Crippen molar-refractivity contribution >= 4 is 11.3 Å². The molecule has 1 rings (SSSR count). The Morgan fingerprint density at radius 1 is 1.43 bits per heavy atom. The molecule has 0 spiro atoms. The third-order valence-corrected chi connectivity index (χ3v) is 2.44. The lowest BCUT2D eigenvalue weighted by molar-refractivity contribution is -0.125. The molecule has 0 aliphatic carbocycles. The Hall–Kier alpha value is -0.620. The van der Waals surface area contributed by atoms with Crippen molar-refractivity contribution in [3.05, 3.63) is 22.4 Å². The number of nitrogens with one attached hydrogen (secondary N) is 1. The van der Waals surface area contributed by atoms with Crippen LogP contribution in [0.1, 0.15) is 4.88 Å². The van der Waals surface area contributed by atoms with E-state index in [1.165, 1.54) is 11.3 Å². The van der Waals surface area contributed by atoms with Crippen LogP contribution in [0.5, 0.6) is 0 Å². The molecule has 0 fully saturated rings. The molecule has 0 atom stereocenters. The second-order valence-electron chi connectivity index (χ2n) is 2.74. The summed E-state index contributed by atoms with van der Waals surface area (Å²) in [5, 5.41) is 4.08. The molecule has 1 heterocycles. The summed E-state index contributed by atoms with van der Waals surface area (Å²) in [5.74, 6) is -3.95. The van der Waals surface area contributed by atoms with Gasteiger partial charge in [0.2, 0.25) is 0 Å². The largest absolute Gasteiger partial charge is 0.319 e. The fourth-order valence-corrected chi connectivity index (χ4v) is 1.52. The molecular formula is C8H9F4NS. The first-order valence-corrected chi connectivity index (χ1v) is 4.79. The third kappa shape index (κ3) is 3.26. The van der Waals surface area contributed by atoms with Gasteiger partial charge in [-0.05, 0) is 11.4 Å². The highest BCUT2D eigenvalue weighted by atomic mass is 32.1. The van der Waals surface area contributed by atoms with Crippen molar-refractivity contribution in [1.82, 2.24) is 5.32 Å². The SMILES string of the molecule is FC(F)C(F)(F)CNCc1cccs1. The van der Waals surface area contributed by atoms with Crippen LogP contribution in [0.25, 0.3) is 0 Å². The summed E-state index contributed by atoms with van der Waals surface area (Å²) in [6.45, 7) is -0.803. The van der Waals surface area contributed by atoms with Crippen LogP contribution in [0.4, 0.5) is 17.6 Å². The molecule has 0 saturated heterocycles. The van der Waals surface area contributed by atoms with Crippen molar-refractivity contribution in [2.45, 2.75) is 18.9 Å². The molecular weight excluding hydrogens is 218 g/mol. The van der Waals surface area contributed by atoms with E-state index in [4.69, 9.17) is 0 Å². The number of hydrogen-bond donors (Lipinski definition) is 1. The lowest BCUT2D eigenvalue weighted by Crippen LogP contribution is -2.38. The summed E-state index contributed by atoms with van der Waals surface area (Å²) in [7, 11) is 0. The van der Waals surface area contributed by atoms with Crippen LogP contribution in [0, 0.1) is 0 Å². The summed E-state index contributed by atoms with van der Waals surface area (Å²) in [4.78, 5) is 0.843. The second kappa shape index (κ2) is 4.75. The van der Waals surface area contributed by atoms with E-state index < -0.39 is 18.9 Å². The van der Waals surface area contributed by atoms with E-state index in [0.29, 0.717) is 0 Å². The zero-order chi connectivity index (χ0) is 10.6.